The van der Waals surface area contributed by atoms with E-state index in [-0.39, 0.29) is 11.8 Å². The highest BCUT2D eigenvalue weighted by Gasteiger charge is 2.21. The summed E-state index contributed by atoms with van der Waals surface area (Å²) in [6.45, 7) is 9.34. The molecule has 0 bridgehead atoms. The summed E-state index contributed by atoms with van der Waals surface area (Å²) in [5.41, 5.74) is 8.48. The van der Waals surface area contributed by atoms with Gasteiger partial charge in [0.2, 0.25) is 5.91 Å². The molecule has 2 heterocycles. The van der Waals surface area contributed by atoms with E-state index in [0.29, 0.717) is 5.92 Å². The predicted molar refractivity (Wildman–Crippen MR) is 160 cm³/mol. The highest BCUT2D eigenvalue weighted by Crippen LogP contribution is 2.34. The van der Waals surface area contributed by atoms with Gasteiger partial charge in [-0.1, -0.05) is 67.9 Å². The second-order valence-electron chi connectivity index (χ2n) is 11.0. The summed E-state index contributed by atoms with van der Waals surface area (Å²) in [5.74, 6) is 0.603. The first kappa shape index (κ1) is 26.5. The van der Waals surface area contributed by atoms with Gasteiger partial charge in [-0.3, -0.25) is 4.79 Å². The summed E-state index contributed by atoms with van der Waals surface area (Å²) in [4.78, 5) is 18.4. The van der Waals surface area contributed by atoms with Gasteiger partial charge in [0.1, 0.15) is 0 Å². The molecule has 1 aliphatic rings. The van der Waals surface area contributed by atoms with Gasteiger partial charge in [-0.15, -0.1) is 0 Å². The van der Waals surface area contributed by atoms with Crippen molar-refractivity contribution in [3.63, 3.8) is 0 Å². The Morgan fingerprint density at radius 2 is 1.82 bits per heavy atom. The number of H-pyrrole nitrogens is 1. The molecule has 1 aromatic heterocycles. The molecular formula is C33H38ClN3O. The van der Waals surface area contributed by atoms with Crippen molar-refractivity contribution >= 4 is 34.1 Å². The van der Waals surface area contributed by atoms with Crippen molar-refractivity contribution in [1.29, 1.82) is 0 Å². The maximum absolute atomic E-state index is 12.1. The average molecular weight is 528 g/mol. The van der Waals surface area contributed by atoms with Crippen LogP contribution in [0.3, 0.4) is 0 Å². The first-order chi connectivity index (χ1) is 18.4. The fourth-order valence-electron chi connectivity index (χ4n) is 5.70. The summed E-state index contributed by atoms with van der Waals surface area (Å²) in [7, 11) is 0. The molecule has 0 radical (unpaired) electrons. The molecule has 2 N–H and O–H groups in total. The van der Waals surface area contributed by atoms with E-state index >= 15 is 0 Å². The second-order valence-corrected chi connectivity index (χ2v) is 11.4. The highest BCUT2D eigenvalue weighted by atomic mass is 35.5. The van der Waals surface area contributed by atoms with E-state index in [1.807, 2.05) is 32.0 Å². The van der Waals surface area contributed by atoms with Gasteiger partial charge < -0.3 is 15.2 Å². The monoisotopic (exact) mass is 527 g/mol. The number of anilines is 1. The van der Waals surface area contributed by atoms with Crippen LogP contribution in [0.4, 0.5) is 5.69 Å². The minimum absolute atomic E-state index is 0.0169. The van der Waals surface area contributed by atoms with Crippen molar-refractivity contribution in [2.24, 2.45) is 5.92 Å². The van der Waals surface area contributed by atoms with Crippen molar-refractivity contribution in [3.8, 4) is 11.3 Å². The quantitative estimate of drug-likeness (QED) is 0.242. The summed E-state index contributed by atoms with van der Waals surface area (Å²) in [6.07, 6.45) is 4.46. The van der Waals surface area contributed by atoms with E-state index < -0.39 is 0 Å². The van der Waals surface area contributed by atoms with Gasteiger partial charge in [0.05, 0.1) is 0 Å². The van der Waals surface area contributed by atoms with E-state index in [1.54, 1.807) is 0 Å². The molecule has 0 unspecified atom stereocenters. The number of halogens is 1. The molecule has 38 heavy (non-hydrogen) atoms. The third-order valence-electron chi connectivity index (χ3n) is 7.90. The normalized spacial score (nSPS) is 14.9. The molecule has 1 fully saturated rings. The fraction of sp³-hybridized carbons (Fsp3) is 0.364. The van der Waals surface area contributed by atoms with Gasteiger partial charge in [-0.25, -0.2) is 0 Å². The Kier molecular flexibility index (Phi) is 8.21. The molecule has 0 atom stereocenters. The number of carbonyl (C=O) groups is 1. The van der Waals surface area contributed by atoms with Crippen molar-refractivity contribution in [2.75, 3.05) is 25.0 Å². The van der Waals surface area contributed by atoms with Crippen LogP contribution in [0.5, 0.6) is 0 Å². The number of aromatic nitrogens is 1. The van der Waals surface area contributed by atoms with Gasteiger partial charge >= 0.3 is 0 Å². The number of amides is 1. The van der Waals surface area contributed by atoms with Crippen LogP contribution >= 0.6 is 11.6 Å². The second kappa shape index (κ2) is 11.8. The number of rotatable bonds is 8. The van der Waals surface area contributed by atoms with E-state index in [1.165, 1.54) is 33.3 Å². The van der Waals surface area contributed by atoms with Crippen LogP contribution < -0.4 is 5.32 Å². The molecule has 4 aromatic rings. The fourth-order valence-corrected chi connectivity index (χ4v) is 5.89. The lowest BCUT2D eigenvalue weighted by molar-refractivity contribution is -0.118. The number of aryl methyl sites for hydroxylation is 2. The van der Waals surface area contributed by atoms with E-state index in [9.17, 15) is 4.79 Å². The van der Waals surface area contributed by atoms with Crippen molar-refractivity contribution in [1.82, 2.24) is 9.88 Å². The largest absolute Gasteiger partial charge is 0.354 e. The number of hydrogen-bond donors (Lipinski definition) is 2. The SMILES string of the molecule is Cc1cccc2c(CCCN3CCC(c4cccc(NC(=O)C(C)C)c4)CC3)c(-c3cccc(Cl)c3)[nH]c12. The molecule has 5 heteroatoms. The average Bonchev–Trinajstić information content (AvgIpc) is 3.29. The Morgan fingerprint density at radius 1 is 1.05 bits per heavy atom. The van der Waals surface area contributed by atoms with Gasteiger partial charge in [-0.05, 0) is 105 Å². The molecule has 1 saturated heterocycles. The topological polar surface area (TPSA) is 48.1 Å². The minimum atomic E-state index is -0.0169. The zero-order valence-corrected chi connectivity index (χ0v) is 23.4. The molecule has 0 saturated carbocycles. The maximum Gasteiger partial charge on any atom is 0.226 e. The summed E-state index contributed by atoms with van der Waals surface area (Å²) >= 11 is 6.34. The van der Waals surface area contributed by atoms with Crippen LogP contribution in [0.1, 0.15) is 55.7 Å². The molecule has 0 aliphatic carbocycles. The molecular weight excluding hydrogens is 490 g/mol. The summed E-state index contributed by atoms with van der Waals surface area (Å²) < 4.78 is 0. The summed E-state index contributed by atoms with van der Waals surface area (Å²) in [5, 5.41) is 5.13. The Balaban J connectivity index is 1.21. The number of hydrogen-bond acceptors (Lipinski definition) is 2. The Hall–Kier alpha value is -3.08. The molecule has 1 amide bonds. The lowest BCUT2D eigenvalue weighted by Crippen LogP contribution is -2.33. The third-order valence-corrected chi connectivity index (χ3v) is 8.14. The number of nitrogens with one attached hydrogen (secondary N) is 2. The van der Waals surface area contributed by atoms with Crippen LogP contribution in [-0.2, 0) is 11.2 Å². The molecule has 5 rings (SSSR count). The number of nitrogens with zero attached hydrogens (tertiary/aromatic N) is 1. The van der Waals surface area contributed by atoms with Crippen LogP contribution in [-0.4, -0.2) is 35.4 Å². The lowest BCUT2D eigenvalue weighted by Gasteiger charge is -2.32. The number of carbonyl (C=O) groups excluding carboxylic acids is 1. The first-order valence-corrected chi connectivity index (χ1v) is 14.3. The van der Waals surface area contributed by atoms with Crippen molar-refractivity contribution in [3.05, 3.63) is 88.4 Å². The minimum Gasteiger partial charge on any atom is -0.354 e. The number of aromatic amines is 1. The van der Waals surface area contributed by atoms with Gasteiger partial charge in [0.25, 0.3) is 0 Å². The van der Waals surface area contributed by atoms with Crippen molar-refractivity contribution < 1.29 is 4.79 Å². The van der Waals surface area contributed by atoms with Gasteiger partial charge in [0.15, 0.2) is 0 Å². The van der Waals surface area contributed by atoms with Crippen LogP contribution in [0.2, 0.25) is 5.02 Å². The smallest absolute Gasteiger partial charge is 0.226 e. The zero-order chi connectivity index (χ0) is 26.6. The van der Waals surface area contributed by atoms with Gasteiger partial charge in [0, 0.05) is 33.2 Å². The molecule has 1 aliphatic heterocycles. The summed E-state index contributed by atoms with van der Waals surface area (Å²) in [6, 6.07) is 23.2. The van der Waals surface area contributed by atoms with E-state index in [0.717, 1.165) is 61.6 Å². The number of fused-ring (bicyclic) bond motifs is 1. The zero-order valence-electron chi connectivity index (χ0n) is 22.7. The van der Waals surface area contributed by atoms with E-state index in [4.69, 9.17) is 11.6 Å². The van der Waals surface area contributed by atoms with Crippen LogP contribution in [0.25, 0.3) is 22.2 Å². The predicted octanol–water partition coefficient (Wildman–Crippen LogP) is 8.20. The Morgan fingerprint density at radius 3 is 2.58 bits per heavy atom. The number of piperidine rings is 1. The maximum atomic E-state index is 12.1. The number of benzene rings is 3. The highest BCUT2D eigenvalue weighted by molar-refractivity contribution is 6.30. The molecule has 198 valence electrons. The molecule has 3 aromatic carbocycles. The standard InChI is InChI=1S/C33H38ClN3O/c1-22(2)33(38)35-28-12-6-9-25(21-28)24-15-18-37(19-16-24)17-7-14-30-29-13-4-8-23(3)31(29)36-32(30)26-10-5-11-27(34)20-26/h4-6,8-13,20-22,24,36H,7,14-19H2,1-3H3,(H,35,38). The first-order valence-electron chi connectivity index (χ1n) is 13.9. The lowest BCUT2D eigenvalue weighted by atomic mass is 9.89. The van der Waals surface area contributed by atoms with Crippen molar-refractivity contribution in [2.45, 2.75) is 52.4 Å². The molecule has 4 nitrogen and oxygen atoms in total. The molecule has 0 spiro atoms. The third kappa shape index (κ3) is 5.98. The Bertz CT molecular complexity index is 1420. The van der Waals surface area contributed by atoms with Crippen LogP contribution in [0, 0.1) is 12.8 Å². The number of likely N-dealkylation sites (tertiary alicyclic amines) is 1. The van der Waals surface area contributed by atoms with E-state index in [2.05, 4.69) is 70.7 Å². The Labute approximate surface area is 231 Å². The van der Waals surface area contributed by atoms with Gasteiger partial charge in [-0.2, -0.15) is 0 Å². The number of para-hydroxylation sites is 1. The van der Waals surface area contributed by atoms with Crippen LogP contribution in [0.15, 0.2) is 66.7 Å².